The van der Waals surface area contributed by atoms with Crippen LogP contribution in [0.25, 0.3) is 0 Å². The van der Waals surface area contributed by atoms with Gasteiger partial charge in [0.05, 0.1) is 18.8 Å². The highest BCUT2D eigenvalue weighted by molar-refractivity contribution is 6.54. The lowest BCUT2D eigenvalue weighted by Gasteiger charge is -2.26. The SMILES string of the molecule is O=C(O)CCCN(CCCC(=O)O)c1ccc2c(c1)/C(=N/O)C(=O)N2Cc1cc(F)cc2c1OCOC2. The van der Waals surface area contributed by atoms with Gasteiger partial charge in [-0.15, -0.1) is 0 Å². The third kappa shape index (κ3) is 5.80. The van der Waals surface area contributed by atoms with E-state index in [1.807, 2.05) is 4.90 Å². The highest BCUT2D eigenvalue weighted by Gasteiger charge is 2.36. The third-order valence-electron chi connectivity index (χ3n) is 6.16. The Morgan fingerprint density at radius 1 is 1.08 bits per heavy atom. The van der Waals surface area contributed by atoms with Crippen molar-refractivity contribution in [1.82, 2.24) is 0 Å². The Labute approximate surface area is 211 Å². The number of amides is 1. The number of fused-ring (bicyclic) bond motifs is 2. The highest BCUT2D eigenvalue weighted by atomic mass is 19.1. The molecule has 2 heterocycles. The van der Waals surface area contributed by atoms with E-state index < -0.39 is 23.7 Å². The Balaban J connectivity index is 1.63. The Hall–Kier alpha value is -4.19. The van der Waals surface area contributed by atoms with E-state index in [4.69, 9.17) is 19.7 Å². The van der Waals surface area contributed by atoms with Crippen molar-refractivity contribution in [2.45, 2.75) is 38.8 Å². The second kappa shape index (κ2) is 11.2. The number of carbonyl (C=O) groups is 3. The first-order valence-corrected chi connectivity index (χ1v) is 11.7. The summed E-state index contributed by atoms with van der Waals surface area (Å²) in [5, 5.41) is 30.8. The number of carbonyl (C=O) groups excluding carboxylic acids is 1. The first-order chi connectivity index (χ1) is 17.8. The van der Waals surface area contributed by atoms with Crippen LogP contribution in [0, 0.1) is 5.82 Å². The van der Waals surface area contributed by atoms with E-state index in [0.29, 0.717) is 59.7 Å². The van der Waals surface area contributed by atoms with Crippen LogP contribution >= 0.6 is 0 Å². The average Bonchev–Trinajstić information content (AvgIpc) is 3.12. The van der Waals surface area contributed by atoms with Crippen molar-refractivity contribution in [3.05, 3.63) is 52.8 Å². The van der Waals surface area contributed by atoms with Gasteiger partial charge in [-0.1, -0.05) is 5.16 Å². The molecule has 0 aromatic heterocycles. The van der Waals surface area contributed by atoms with Crippen LogP contribution in [0.2, 0.25) is 0 Å². The minimum absolute atomic E-state index is 0.00245. The number of anilines is 2. The molecule has 2 aliphatic heterocycles. The molecular formula is C25H26FN3O8. The number of benzene rings is 2. The fourth-order valence-corrected chi connectivity index (χ4v) is 4.51. The molecule has 11 nitrogen and oxygen atoms in total. The van der Waals surface area contributed by atoms with Gasteiger partial charge in [-0.2, -0.15) is 0 Å². The molecule has 0 unspecified atom stereocenters. The van der Waals surface area contributed by atoms with Gasteiger partial charge >= 0.3 is 11.9 Å². The van der Waals surface area contributed by atoms with Crippen LogP contribution in [0.5, 0.6) is 5.75 Å². The molecule has 37 heavy (non-hydrogen) atoms. The monoisotopic (exact) mass is 515 g/mol. The number of carboxylic acid groups (broad SMARTS) is 2. The maximum atomic E-state index is 14.3. The molecule has 0 saturated heterocycles. The molecule has 0 atom stereocenters. The summed E-state index contributed by atoms with van der Waals surface area (Å²) in [7, 11) is 0. The summed E-state index contributed by atoms with van der Waals surface area (Å²) < 4.78 is 25.0. The minimum Gasteiger partial charge on any atom is -0.481 e. The molecular weight excluding hydrogens is 489 g/mol. The molecule has 0 bridgehead atoms. The van der Waals surface area contributed by atoms with Gasteiger partial charge in [-0.3, -0.25) is 14.4 Å². The normalized spacial score (nSPS) is 15.3. The lowest BCUT2D eigenvalue weighted by Crippen LogP contribution is -2.30. The van der Waals surface area contributed by atoms with Crippen LogP contribution in [-0.4, -0.2) is 58.9 Å². The summed E-state index contributed by atoms with van der Waals surface area (Å²) in [6.45, 7) is 0.843. The molecule has 2 aromatic rings. The van der Waals surface area contributed by atoms with E-state index in [-0.39, 0.29) is 38.5 Å². The Morgan fingerprint density at radius 3 is 2.43 bits per heavy atom. The van der Waals surface area contributed by atoms with Crippen molar-refractivity contribution in [3.8, 4) is 5.75 Å². The van der Waals surface area contributed by atoms with Gasteiger partial charge in [0.2, 0.25) is 0 Å². The van der Waals surface area contributed by atoms with Crippen molar-refractivity contribution in [1.29, 1.82) is 0 Å². The Bertz CT molecular complexity index is 1230. The van der Waals surface area contributed by atoms with Crippen LogP contribution in [-0.2, 0) is 32.3 Å². The number of halogens is 1. The largest absolute Gasteiger partial charge is 0.481 e. The van der Waals surface area contributed by atoms with Gasteiger partial charge in [-0.25, -0.2) is 4.39 Å². The topological polar surface area (TPSA) is 149 Å². The number of ether oxygens (including phenoxy) is 2. The fraction of sp³-hybridized carbons (Fsp3) is 0.360. The summed E-state index contributed by atoms with van der Waals surface area (Å²) >= 11 is 0. The van der Waals surface area contributed by atoms with E-state index in [2.05, 4.69) is 5.16 Å². The number of nitrogens with zero attached hydrogens (tertiary/aromatic N) is 3. The van der Waals surface area contributed by atoms with E-state index in [1.54, 1.807) is 18.2 Å². The predicted octanol–water partition coefficient (Wildman–Crippen LogP) is 2.95. The van der Waals surface area contributed by atoms with Crippen LogP contribution in [0.3, 0.4) is 0 Å². The van der Waals surface area contributed by atoms with Gasteiger partial charge in [0.1, 0.15) is 11.6 Å². The first-order valence-electron chi connectivity index (χ1n) is 11.7. The number of aliphatic carboxylic acids is 2. The summed E-state index contributed by atoms with van der Waals surface area (Å²) in [5.41, 5.74) is 2.18. The summed E-state index contributed by atoms with van der Waals surface area (Å²) in [4.78, 5) is 38.3. The molecule has 0 fully saturated rings. The molecule has 196 valence electrons. The molecule has 0 saturated carbocycles. The summed E-state index contributed by atoms with van der Waals surface area (Å²) in [6.07, 6.45) is 0.557. The summed E-state index contributed by atoms with van der Waals surface area (Å²) in [6, 6.07) is 7.64. The Morgan fingerprint density at radius 2 is 1.78 bits per heavy atom. The average molecular weight is 515 g/mol. The maximum absolute atomic E-state index is 14.3. The van der Waals surface area contributed by atoms with Crippen LogP contribution < -0.4 is 14.5 Å². The third-order valence-corrected chi connectivity index (χ3v) is 6.16. The van der Waals surface area contributed by atoms with Crippen molar-refractivity contribution in [3.63, 3.8) is 0 Å². The molecule has 0 radical (unpaired) electrons. The zero-order valence-corrected chi connectivity index (χ0v) is 19.9. The Kier molecular flexibility index (Phi) is 7.87. The van der Waals surface area contributed by atoms with Gasteiger partial charge in [0.25, 0.3) is 5.91 Å². The molecule has 1 amide bonds. The maximum Gasteiger partial charge on any atom is 0.303 e. The van der Waals surface area contributed by atoms with Gasteiger partial charge in [0, 0.05) is 48.3 Å². The number of carboxylic acids is 2. The standard InChI is InChI=1S/C25H26FN3O8/c26-17-9-15(24-16(10-17)13-36-14-37-24)12-29-20-6-5-18(11-19(20)23(27-35)25(29)34)28(7-1-3-21(30)31)8-2-4-22(32)33/h5-6,9-11,35H,1-4,7-8,12-14H2,(H,30,31)(H,32,33)/b27-23-. The van der Waals surface area contributed by atoms with Gasteiger partial charge in [0.15, 0.2) is 12.5 Å². The predicted molar refractivity (Wildman–Crippen MR) is 129 cm³/mol. The molecule has 0 spiro atoms. The van der Waals surface area contributed by atoms with Crippen molar-refractivity contribution >= 4 is 34.9 Å². The molecule has 3 N–H and O–H groups in total. The zero-order valence-electron chi connectivity index (χ0n) is 19.9. The number of oxime groups is 1. The lowest BCUT2D eigenvalue weighted by molar-refractivity contribution is -0.138. The van der Waals surface area contributed by atoms with E-state index in [9.17, 15) is 24.0 Å². The van der Waals surface area contributed by atoms with Gasteiger partial charge in [-0.05, 0) is 43.2 Å². The molecule has 0 aliphatic carbocycles. The molecule has 2 aromatic carbocycles. The quantitative estimate of drug-likeness (QED) is 0.303. The minimum atomic E-state index is -0.939. The van der Waals surface area contributed by atoms with Crippen molar-refractivity contribution < 1.29 is 43.7 Å². The van der Waals surface area contributed by atoms with Crippen LogP contribution in [0.15, 0.2) is 35.5 Å². The smallest absolute Gasteiger partial charge is 0.303 e. The van der Waals surface area contributed by atoms with Crippen LogP contribution in [0.1, 0.15) is 42.4 Å². The molecule has 12 heteroatoms. The van der Waals surface area contributed by atoms with E-state index in [0.717, 1.165) is 0 Å². The number of hydrogen-bond acceptors (Lipinski definition) is 8. The van der Waals surface area contributed by atoms with Crippen LogP contribution in [0.4, 0.5) is 15.8 Å². The lowest BCUT2D eigenvalue weighted by atomic mass is 10.1. The second-order valence-electron chi connectivity index (χ2n) is 8.69. The summed E-state index contributed by atoms with van der Waals surface area (Å²) in [5.74, 6) is -2.52. The number of rotatable bonds is 11. The van der Waals surface area contributed by atoms with Gasteiger partial charge < -0.3 is 34.7 Å². The van der Waals surface area contributed by atoms with Crippen molar-refractivity contribution in [2.24, 2.45) is 5.16 Å². The second-order valence-corrected chi connectivity index (χ2v) is 8.69. The van der Waals surface area contributed by atoms with E-state index in [1.165, 1.54) is 17.0 Å². The fourth-order valence-electron chi connectivity index (χ4n) is 4.51. The highest BCUT2D eigenvalue weighted by Crippen LogP contribution is 2.37. The van der Waals surface area contributed by atoms with E-state index >= 15 is 0 Å². The van der Waals surface area contributed by atoms with Crippen molar-refractivity contribution in [2.75, 3.05) is 29.7 Å². The molecule has 2 aliphatic rings. The zero-order chi connectivity index (χ0) is 26.5. The number of hydrogen-bond donors (Lipinski definition) is 3. The first kappa shape index (κ1) is 25.9. The molecule has 4 rings (SSSR count).